The van der Waals surface area contributed by atoms with Gasteiger partial charge in [0, 0.05) is 18.7 Å². The number of aliphatic imine (C=N–C) groups is 2. The molecule has 0 aromatic heterocycles. The van der Waals surface area contributed by atoms with Crippen molar-refractivity contribution in [3.05, 3.63) is 29.3 Å². The molecule has 0 atom stereocenters. The zero-order valence-corrected chi connectivity index (χ0v) is 11.5. The van der Waals surface area contributed by atoms with Crippen LogP contribution in [0.25, 0.3) is 0 Å². The highest BCUT2D eigenvalue weighted by molar-refractivity contribution is 6.23. The van der Waals surface area contributed by atoms with Crippen LogP contribution in [-0.2, 0) is 0 Å². The van der Waals surface area contributed by atoms with Gasteiger partial charge in [-0.2, -0.15) is 0 Å². The Hall–Kier alpha value is -2.01. The number of hydrogen-bond acceptors (Lipinski definition) is 5. The summed E-state index contributed by atoms with van der Waals surface area (Å²) in [7, 11) is 0. The van der Waals surface area contributed by atoms with Gasteiger partial charge >= 0.3 is 0 Å². The molecule has 4 rings (SSSR count). The molecule has 1 aromatic carbocycles. The number of hydrogen-bond donors (Lipinski definition) is 0. The third-order valence-electron chi connectivity index (χ3n) is 4.21. The smallest absolute Gasteiger partial charge is 0.185 e. The number of carbonyl (C=O) groups is 1. The molecule has 0 spiro atoms. The molecular formula is C15H16N4O. The zero-order chi connectivity index (χ0) is 13.7. The molecule has 3 aliphatic heterocycles. The van der Waals surface area contributed by atoms with E-state index in [-0.39, 0.29) is 12.3 Å². The number of nitrogens with zero attached hydrogens (tertiary/aromatic N) is 4. The molecule has 0 N–H and O–H groups in total. The fraction of sp³-hybridized carbons (Fsp3) is 0.400. The maximum atomic E-state index is 12.0. The van der Waals surface area contributed by atoms with Gasteiger partial charge in [0.2, 0.25) is 0 Å². The van der Waals surface area contributed by atoms with Gasteiger partial charge in [-0.15, -0.1) is 0 Å². The van der Waals surface area contributed by atoms with Crippen LogP contribution in [0.2, 0.25) is 0 Å². The number of piperazine rings is 1. The van der Waals surface area contributed by atoms with E-state index in [0.717, 1.165) is 54.7 Å². The molecule has 1 aromatic rings. The van der Waals surface area contributed by atoms with Crippen molar-refractivity contribution in [3.8, 4) is 0 Å². The molecule has 3 aliphatic rings. The Bertz CT molecular complexity index is 662. The van der Waals surface area contributed by atoms with Gasteiger partial charge in [0.25, 0.3) is 0 Å². The fourth-order valence-corrected chi connectivity index (χ4v) is 3.10. The Kier molecular flexibility index (Phi) is 2.50. The van der Waals surface area contributed by atoms with Crippen molar-refractivity contribution in [2.24, 2.45) is 9.98 Å². The number of carbonyl (C=O) groups excluding carboxylic acids is 1. The molecule has 0 radical (unpaired) electrons. The lowest BCUT2D eigenvalue weighted by molar-refractivity contribution is 0.0999. The van der Waals surface area contributed by atoms with Crippen LogP contribution in [0.15, 0.2) is 28.2 Å². The molecule has 0 bridgehead atoms. The molecule has 0 aliphatic carbocycles. The highest BCUT2D eigenvalue weighted by atomic mass is 16.1. The van der Waals surface area contributed by atoms with Gasteiger partial charge < -0.3 is 4.90 Å². The topological polar surface area (TPSA) is 48.3 Å². The zero-order valence-electron chi connectivity index (χ0n) is 11.5. The Morgan fingerprint density at radius 3 is 3.05 bits per heavy atom. The van der Waals surface area contributed by atoms with Crippen molar-refractivity contribution in [1.29, 1.82) is 0 Å². The van der Waals surface area contributed by atoms with Crippen LogP contribution in [0, 0.1) is 0 Å². The Balaban J connectivity index is 1.88. The summed E-state index contributed by atoms with van der Waals surface area (Å²) in [5.74, 6) is 2.09. The second-order valence-electron chi connectivity index (χ2n) is 5.31. The van der Waals surface area contributed by atoms with Crippen molar-refractivity contribution in [1.82, 2.24) is 9.80 Å². The third-order valence-corrected chi connectivity index (χ3v) is 4.21. The number of amidine groups is 2. The summed E-state index contributed by atoms with van der Waals surface area (Å²) in [6.45, 7) is 6.22. The predicted octanol–water partition coefficient (Wildman–Crippen LogP) is 1.31. The van der Waals surface area contributed by atoms with Crippen LogP contribution < -0.4 is 0 Å². The number of fused-ring (bicyclic) bond motifs is 2. The maximum absolute atomic E-state index is 12.0. The van der Waals surface area contributed by atoms with Gasteiger partial charge in [-0.05, 0) is 12.6 Å². The molecular weight excluding hydrogens is 252 g/mol. The van der Waals surface area contributed by atoms with Gasteiger partial charge in [-0.1, -0.05) is 19.1 Å². The lowest BCUT2D eigenvalue weighted by atomic mass is 9.96. The van der Waals surface area contributed by atoms with E-state index in [0.29, 0.717) is 0 Å². The van der Waals surface area contributed by atoms with E-state index in [1.807, 2.05) is 18.2 Å². The minimum absolute atomic E-state index is 0.0939. The van der Waals surface area contributed by atoms with Crippen LogP contribution in [-0.4, -0.2) is 60.0 Å². The minimum Gasteiger partial charge on any atom is -0.312 e. The van der Waals surface area contributed by atoms with Crippen molar-refractivity contribution >= 4 is 23.1 Å². The number of likely N-dealkylation sites (N-methyl/N-ethyl adjacent to an activating group) is 1. The molecule has 0 saturated carbocycles. The third kappa shape index (κ3) is 1.56. The van der Waals surface area contributed by atoms with Crippen molar-refractivity contribution in [2.75, 3.05) is 32.7 Å². The Morgan fingerprint density at radius 1 is 1.30 bits per heavy atom. The molecule has 102 valence electrons. The van der Waals surface area contributed by atoms with Gasteiger partial charge in [0.05, 0.1) is 17.8 Å². The number of benzene rings is 1. The van der Waals surface area contributed by atoms with Crippen molar-refractivity contribution in [3.63, 3.8) is 0 Å². The quantitative estimate of drug-likeness (QED) is 0.771. The fourth-order valence-electron chi connectivity index (χ4n) is 3.10. The first-order valence-electron chi connectivity index (χ1n) is 7.06. The van der Waals surface area contributed by atoms with Crippen LogP contribution in [0.4, 0.5) is 5.69 Å². The predicted molar refractivity (Wildman–Crippen MR) is 78.1 cm³/mol. The summed E-state index contributed by atoms with van der Waals surface area (Å²) < 4.78 is 0. The monoisotopic (exact) mass is 268 g/mol. The summed E-state index contributed by atoms with van der Waals surface area (Å²) >= 11 is 0. The van der Waals surface area contributed by atoms with Gasteiger partial charge in [0.15, 0.2) is 5.78 Å². The van der Waals surface area contributed by atoms with Gasteiger partial charge in [-0.25, -0.2) is 4.99 Å². The van der Waals surface area contributed by atoms with E-state index in [1.165, 1.54) is 0 Å². The summed E-state index contributed by atoms with van der Waals surface area (Å²) in [5.41, 5.74) is 2.59. The first-order chi connectivity index (χ1) is 9.78. The number of rotatable bonds is 1. The van der Waals surface area contributed by atoms with E-state index in [1.54, 1.807) is 0 Å². The lowest BCUT2D eigenvalue weighted by Gasteiger charge is -2.40. The Labute approximate surface area is 117 Å². The maximum Gasteiger partial charge on any atom is 0.185 e. The lowest BCUT2D eigenvalue weighted by Crippen LogP contribution is -2.54. The summed E-state index contributed by atoms with van der Waals surface area (Å²) in [5, 5.41) is 0. The summed E-state index contributed by atoms with van der Waals surface area (Å²) in [6, 6.07) is 5.77. The van der Waals surface area contributed by atoms with E-state index in [9.17, 15) is 4.79 Å². The normalized spacial score (nSPS) is 21.1. The molecule has 5 heteroatoms. The standard InChI is InChI=1S/C15H16N4O/c1-2-18-6-7-19-13(9-18)17-11-5-3-4-10-12(20)8-16-15(19)14(10)11/h3-5H,2,6-9H2,1H3. The van der Waals surface area contributed by atoms with Crippen LogP contribution in [0.3, 0.4) is 0 Å². The van der Waals surface area contributed by atoms with E-state index in [2.05, 4.69) is 21.7 Å². The van der Waals surface area contributed by atoms with Gasteiger partial charge in [-0.3, -0.25) is 14.7 Å². The molecule has 20 heavy (non-hydrogen) atoms. The van der Waals surface area contributed by atoms with Crippen molar-refractivity contribution in [2.45, 2.75) is 6.92 Å². The molecule has 5 nitrogen and oxygen atoms in total. The van der Waals surface area contributed by atoms with Crippen LogP contribution >= 0.6 is 0 Å². The minimum atomic E-state index is 0.0939. The van der Waals surface area contributed by atoms with E-state index < -0.39 is 0 Å². The first-order valence-corrected chi connectivity index (χ1v) is 7.06. The molecule has 1 fully saturated rings. The van der Waals surface area contributed by atoms with Crippen molar-refractivity contribution < 1.29 is 4.79 Å². The number of Topliss-reactive ketones (excluding diaryl/α,β-unsaturated/α-hetero) is 1. The molecule has 3 heterocycles. The van der Waals surface area contributed by atoms with Gasteiger partial charge in [0.1, 0.15) is 18.2 Å². The molecule has 0 unspecified atom stereocenters. The summed E-state index contributed by atoms with van der Waals surface area (Å²) in [4.78, 5) is 25.8. The molecule has 0 amide bonds. The highest BCUT2D eigenvalue weighted by Crippen LogP contribution is 2.33. The average Bonchev–Trinajstić information content (AvgIpc) is 2.49. The number of ketones is 1. The SMILES string of the molecule is CCN1CCN2C(=Nc3cccc4c3C2=NCC4=O)C1. The van der Waals surface area contributed by atoms with E-state index in [4.69, 9.17) is 4.99 Å². The Morgan fingerprint density at radius 2 is 2.20 bits per heavy atom. The second-order valence-corrected chi connectivity index (χ2v) is 5.31. The second kappa shape index (κ2) is 4.24. The van der Waals surface area contributed by atoms with Crippen LogP contribution in [0.5, 0.6) is 0 Å². The summed E-state index contributed by atoms with van der Waals surface area (Å²) in [6.07, 6.45) is 0. The largest absolute Gasteiger partial charge is 0.312 e. The molecule has 1 saturated heterocycles. The van der Waals surface area contributed by atoms with E-state index >= 15 is 0 Å². The highest BCUT2D eigenvalue weighted by Gasteiger charge is 2.35. The van der Waals surface area contributed by atoms with Crippen LogP contribution in [0.1, 0.15) is 22.8 Å². The first kappa shape index (κ1) is 11.8. The average molecular weight is 268 g/mol.